The van der Waals surface area contributed by atoms with Crippen molar-refractivity contribution in [2.24, 2.45) is 0 Å². The lowest BCUT2D eigenvalue weighted by Crippen LogP contribution is -2.05. The number of carbonyl (C=O) groups is 1. The van der Waals surface area contributed by atoms with E-state index in [1.165, 1.54) is 17.7 Å². The highest BCUT2D eigenvalue weighted by molar-refractivity contribution is 6.35. The Kier molecular flexibility index (Phi) is 4.56. The first kappa shape index (κ1) is 14.7. The molecule has 0 aliphatic heterocycles. The van der Waals surface area contributed by atoms with E-state index in [1.54, 1.807) is 12.1 Å². The number of halogens is 2. The Bertz CT molecular complexity index is 649. The van der Waals surface area contributed by atoms with E-state index in [0.29, 0.717) is 5.56 Å². The molecule has 0 saturated heterocycles. The normalized spacial score (nSPS) is 10.6. The lowest BCUT2D eigenvalue weighted by molar-refractivity contribution is 0.103. The van der Waals surface area contributed by atoms with Gasteiger partial charge in [-0.3, -0.25) is 4.79 Å². The summed E-state index contributed by atoms with van der Waals surface area (Å²) < 4.78 is 13.4. The first-order valence-electron chi connectivity index (χ1n) is 6.69. The van der Waals surface area contributed by atoms with Crippen LogP contribution in [-0.2, 0) is 12.8 Å². The van der Waals surface area contributed by atoms with Gasteiger partial charge in [-0.05, 0) is 42.2 Å². The van der Waals surface area contributed by atoms with Crippen LogP contribution in [0.1, 0.15) is 40.9 Å². The van der Waals surface area contributed by atoms with E-state index in [0.717, 1.165) is 18.4 Å². The lowest BCUT2D eigenvalue weighted by Gasteiger charge is -2.09. The molecule has 0 amide bonds. The Morgan fingerprint density at radius 1 is 1.10 bits per heavy atom. The third-order valence-corrected chi connectivity index (χ3v) is 3.81. The number of benzene rings is 2. The van der Waals surface area contributed by atoms with Crippen molar-refractivity contribution in [2.45, 2.75) is 26.7 Å². The summed E-state index contributed by atoms with van der Waals surface area (Å²) >= 11 is 5.87. The SMILES string of the molecule is CCc1ccc(C(=O)c2cccc(F)c2Cl)cc1CC. The molecular weight excluding hydrogens is 275 g/mol. The van der Waals surface area contributed by atoms with E-state index in [1.807, 2.05) is 12.1 Å². The highest BCUT2D eigenvalue weighted by atomic mass is 35.5. The Morgan fingerprint density at radius 2 is 1.80 bits per heavy atom. The minimum absolute atomic E-state index is 0.116. The van der Waals surface area contributed by atoms with E-state index in [2.05, 4.69) is 13.8 Å². The van der Waals surface area contributed by atoms with Crippen molar-refractivity contribution in [1.29, 1.82) is 0 Å². The van der Waals surface area contributed by atoms with Gasteiger partial charge >= 0.3 is 0 Å². The Labute approximate surface area is 123 Å². The summed E-state index contributed by atoms with van der Waals surface area (Å²) in [7, 11) is 0. The number of aryl methyl sites for hydroxylation is 2. The van der Waals surface area contributed by atoms with Crippen LogP contribution in [0.2, 0.25) is 5.02 Å². The molecular formula is C17H16ClFO. The average molecular weight is 291 g/mol. The molecule has 0 atom stereocenters. The maximum atomic E-state index is 13.4. The zero-order valence-electron chi connectivity index (χ0n) is 11.5. The summed E-state index contributed by atoms with van der Waals surface area (Å²) in [5, 5.41) is -0.116. The molecule has 0 bridgehead atoms. The molecule has 0 heterocycles. The van der Waals surface area contributed by atoms with Gasteiger partial charge < -0.3 is 0 Å². The second-order valence-corrected chi connectivity index (χ2v) is 5.00. The Morgan fingerprint density at radius 3 is 2.45 bits per heavy atom. The van der Waals surface area contributed by atoms with Crippen molar-refractivity contribution in [2.75, 3.05) is 0 Å². The third kappa shape index (κ3) is 2.75. The molecule has 2 aromatic rings. The van der Waals surface area contributed by atoms with Crippen LogP contribution in [0.25, 0.3) is 0 Å². The van der Waals surface area contributed by atoms with Crippen LogP contribution < -0.4 is 0 Å². The van der Waals surface area contributed by atoms with Gasteiger partial charge in [0.25, 0.3) is 0 Å². The fraction of sp³-hybridized carbons (Fsp3) is 0.235. The molecule has 0 N–H and O–H groups in total. The van der Waals surface area contributed by atoms with Crippen LogP contribution in [0.3, 0.4) is 0 Å². The fourth-order valence-electron chi connectivity index (χ4n) is 2.28. The highest BCUT2D eigenvalue weighted by Gasteiger charge is 2.16. The average Bonchev–Trinajstić information content (AvgIpc) is 2.48. The molecule has 0 spiro atoms. The predicted molar refractivity (Wildman–Crippen MR) is 80.0 cm³/mol. The second-order valence-electron chi connectivity index (χ2n) is 4.62. The van der Waals surface area contributed by atoms with Crippen LogP contribution >= 0.6 is 11.6 Å². The first-order chi connectivity index (χ1) is 9.58. The number of rotatable bonds is 4. The van der Waals surface area contributed by atoms with Crippen LogP contribution in [0.15, 0.2) is 36.4 Å². The Balaban J connectivity index is 2.46. The number of hydrogen-bond acceptors (Lipinski definition) is 1. The van der Waals surface area contributed by atoms with Crippen molar-refractivity contribution in [3.8, 4) is 0 Å². The van der Waals surface area contributed by atoms with Crippen molar-refractivity contribution >= 4 is 17.4 Å². The quantitative estimate of drug-likeness (QED) is 0.737. The van der Waals surface area contributed by atoms with Crippen LogP contribution in [-0.4, -0.2) is 5.78 Å². The first-order valence-corrected chi connectivity index (χ1v) is 7.06. The minimum atomic E-state index is -0.571. The molecule has 2 rings (SSSR count). The molecule has 2 aromatic carbocycles. The van der Waals surface area contributed by atoms with E-state index in [9.17, 15) is 9.18 Å². The smallest absolute Gasteiger partial charge is 0.194 e. The van der Waals surface area contributed by atoms with E-state index >= 15 is 0 Å². The summed E-state index contributed by atoms with van der Waals surface area (Å²) in [6.07, 6.45) is 1.79. The van der Waals surface area contributed by atoms with E-state index in [4.69, 9.17) is 11.6 Å². The minimum Gasteiger partial charge on any atom is -0.289 e. The van der Waals surface area contributed by atoms with Crippen molar-refractivity contribution in [3.63, 3.8) is 0 Å². The van der Waals surface area contributed by atoms with E-state index < -0.39 is 5.82 Å². The zero-order chi connectivity index (χ0) is 14.7. The zero-order valence-corrected chi connectivity index (χ0v) is 12.3. The van der Waals surface area contributed by atoms with Gasteiger partial charge in [0.15, 0.2) is 5.78 Å². The maximum absolute atomic E-state index is 13.4. The number of carbonyl (C=O) groups excluding carboxylic acids is 1. The molecule has 0 unspecified atom stereocenters. The molecule has 0 aliphatic carbocycles. The van der Waals surface area contributed by atoms with Crippen molar-refractivity contribution in [3.05, 3.63) is 69.5 Å². The predicted octanol–water partition coefficient (Wildman–Crippen LogP) is 4.83. The van der Waals surface area contributed by atoms with Gasteiger partial charge in [-0.1, -0.05) is 43.6 Å². The third-order valence-electron chi connectivity index (χ3n) is 3.43. The fourth-order valence-corrected chi connectivity index (χ4v) is 2.49. The lowest BCUT2D eigenvalue weighted by atomic mass is 9.96. The Hall–Kier alpha value is -1.67. The summed E-state index contributed by atoms with van der Waals surface area (Å²) in [6, 6.07) is 9.91. The monoisotopic (exact) mass is 290 g/mol. The molecule has 3 heteroatoms. The molecule has 104 valence electrons. The van der Waals surface area contributed by atoms with Gasteiger partial charge in [-0.15, -0.1) is 0 Å². The van der Waals surface area contributed by atoms with Crippen LogP contribution in [0, 0.1) is 5.82 Å². The van der Waals surface area contributed by atoms with Gasteiger partial charge in [0.05, 0.1) is 5.02 Å². The van der Waals surface area contributed by atoms with Gasteiger partial charge in [0.1, 0.15) is 5.82 Å². The summed E-state index contributed by atoms with van der Waals surface area (Å²) in [5.41, 5.74) is 3.13. The van der Waals surface area contributed by atoms with Gasteiger partial charge in [-0.25, -0.2) is 4.39 Å². The van der Waals surface area contributed by atoms with Gasteiger partial charge in [0, 0.05) is 11.1 Å². The van der Waals surface area contributed by atoms with Crippen molar-refractivity contribution < 1.29 is 9.18 Å². The highest BCUT2D eigenvalue weighted by Crippen LogP contribution is 2.24. The maximum Gasteiger partial charge on any atom is 0.194 e. The molecule has 0 aromatic heterocycles. The van der Waals surface area contributed by atoms with E-state index in [-0.39, 0.29) is 16.4 Å². The standard InChI is InChI=1S/C17H16ClFO/c1-3-11-8-9-13(10-12(11)4-2)17(20)14-6-5-7-15(19)16(14)18/h5-10H,3-4H2,1-2H3. The second kappa shape index (κ2) is 6.19. The molecule has 0 saturated carbocycles. The number of ketones is 1. The number of hydrogen-bond donors (Lipinski definition) is 0. The topological polar surface area (TPSA) is 17.1 Å². The van der Waals surface area contributed by atoms with Crippen LogP contribution in [0.5, 0.6) is 0 Å². The molecule has 0 aliphatic rings. The van der Waals surface area contributed by atoms with Gasteiger partial charge in [-0.2, -0.15) is 0 Å². The molecule has 0 fully saturated rings. The summed E-state index contributed by atoms with van der Waals surface area (Å²) in [6.45, 7) is 4.14. The molecule has 1 nitrogen and oxygen atoms in total. The van der Waals surface area contributed by atoms with Crippen LogP contribution in [0.4, 0.5) is 4.39 Å². The largest absolute Gasteiger partial charge is 0.289 e. The van der Waals surface area contributed by atoms with Gasteiger partial charge in [0.2, 0.25) is 0 Å². The molecule has 0 radical (unpaired) electrons. The summed E-state index contributed by atoms with van der Waals surface area (Å²) in [5.74, 6) is -0.815. The van der Waals surface area contributed by atoms with Crippen molar-refractivity contribution in [1.82, 2.24) is 0 Å². The molecule has 20 heavy (non-hydrogen) atoms. The summed E-state index contributed by atoms with van der Waals surface area (Å²) in [4.78, 5) is 12.4.